The van der Waals surface area contributed by atoms with Gasteiger partial charge in [-0.05, 0) is 41.8 Å². The Morgan fingerprint density at radius 1 is 1.08 bits per heavy atom. The maximum absolute atomic E-state index is 12.9. The molecule has 0 aliphatic rings. The maximum atomic E-state index is 12.9. The minimum Gasteiger partial charge on any atom is -0.497 e. The van der Waals surface area contributed by atoms with Gasteiger partial charge in [0.1, 0.15) is 11.6 Å². The van der Waals surface area contributed by atoms with Gasteiger partial charge in [-0.1, -0.05) is 24.3 Å². The Morgan fingerprint density at radius 3 is 2.24 bits per heavy atom. The van der Waals surface area contributed by atoms with Gasteiger partial charge >= 0.3 is 0 Å². The van der Waals surface area contributed by atoms with Crippen LogP contribution in [0.5, 0.6) is 5.75 Å². The number of nitrogens with two attached hydrogens (primary N) is 1. The van der Waals surface area contributed by atoms with Crippen molar-refractivity contribution in [1.29, 1.82) is 0 Å². The summed E-state index contributed by atoms with van der Waals surface area (Å²) in [6, 6.07) is 13.0. The number of halogens is 1. The minimum absolute atomic E-state index is 0.141. The molecule has 0 radical (unpaired) electrons. The Balaban J connectivity index is 1.87. The fraction of sp³-hybridized carbons (Fsp3) is 0.263. The van der Waals surface area contributed by atoms with Gasteiger partial charge in [0, 0.05) is 6.54 Å². The molecule has 2 amide bonds. The first-order chi connectivity index (χ1) is 12.0. The van der Waals surface area contributed by atoms with Gasteiger partial charge in [0.15, 0.2) is 0 Å². The van der Waals surface area contributed by atoms with E-state index in [0.29, 0.717) is 6.42 Å². The number of carbonyl (C=O) groups excluding carboxylic acids is 2. The summed E-state index contributed by atoms with van der Waals surface area (Å²) in [6.07, 6.45) is 0.546. The van der Waals surface area contributed by atoms with Crippen LogP contribution < -0.4 is 15.8 Å². The number of amides is 2. The third kappa shape index (κ3) is 5.91. The predicted molar refractivity (Wildman–Crippen MR) is 92.5 cm³/mol. The van der Waals surface area contributed by atoms with Crippen molar-refractivity contribution in [2.75, 3.05) is 13.7 Å². The van der Waals surface area contributed by atoms with E-state index < -0.39 is 11.8 Å². The molecular weight excluding hydrogens is 323 g/mol. The number of hydrogen-bond acceptors (Lipinski definition) is 3. The molecule has 0 bridgehead atoms. The molecule has 5 nitrogen and oxygen atoms in total. The predicted octanol–water partition coefficient (Wildman–Crippen LogP) is 1.84. The van der Waals surface area contributed by atoms with Crippen LogP contribution in [0.3, 0.4) is 0 Å². The molecule has 0 unspecified atom stereocenters. The van der Waals surface area contributed by atoms with Gasteiger partial charge in [-0.3, -0.25) is 9.59 Å². The monoisotopic (exact) mass is 344 g/mol. The quantitative estimate of drug-likeness (QED) is 0.767. The fourth-order valence-electron chi connectivity index (χ4n) is 2.41. The summed E-state index contributed by atoms with van der Waals surface area (Å²) in [6.45, 7) is 0.141. The van der Waals surface area contributed by atoms with E-state index in [9.17, 15) is 14.0 Å². The number of rotatable bonds is 8. The van der Waals surface area contributed by atoms with Crippen molar-refractivity contribution in [1.82, 2.24) is 5.32 Å². The van der Waals surface area contributed by atoms with Gasteiger partial charge in [-0.2, -0.15) is 0 Å². The number of benzene rings is 2. The average molecular weight is 344 g/mol. The van der Waals surface area contributed by atoms with Crippen molar-refractivity contribution in [2.24, 2.45) is 11.7 Å². The van der Waals surface area contributed by atoms with Crippen LogP contribution in [-0.4, -0.2) is 25.5 Å². The molecule has 0 spiro atoms. The van der Waals surface area contributed by atoms with Crippen LogP contribution >= 0.6 is 0 Å². The first-order valence-corrected chi connectivity index (χ1v) is 7.91. The molecule has 2 rings (SSSR count). The van der Waals surface area contributed by atoms with Crippen molar-refractivity contribution in [2.45, 2.75) is 12.8 Å². The Hall–Kier alpha value is -2.89. The van der Waals surface area contributed by atoms with Crippen molar-refractivity contribution >= 4 is 11.8 Å². The van der Waals surface area contributed by atoms with E-state index in [2.05, 4.69) is 5.32 Å². The van der Waals surface area contributed by atoms with Crippen molar-refractivity contribution in [3.63, 3.8) is 0 Å². The molecule has 0 saturated carbocycles. The lowest BCUT2D eigenvalue weighted by Crippen LogP contribution is -2.37. The highest BCUT2D eigenvalue weighted by Gasteiger charge is 2.17. The molecule has 0 heterocycles. The summed E-state index contributed by atoms with van der Waals surface area (Å²) < 4.78 is 18.0. The maximum Gasteiger partial charge on any atom is 0.224 e. The van der Waals surface area contributed by atoms with Crippen LogP contribution in [-0.2, 0) is 22.4 Å². The van der Waals surface area contributed by atoms with E-state index >= 15 is 0 Å². The molecule has 1 atom stereocenters. The number of primary amides is 1. The highest BCUT2D eigenvalue weighted by Crippen LogP contribution is 2.12. The minimum atomic E-state index is -0.551. The topological polar surface area (TPSA) is 81.4 Å². The van der Waals surface area contributed by atoms with Gasteiger partial charge in [0.05, 0.1) is 19.4 Å². The summed E-state index contributed by atoms with van der Waals surface area (Å²) in [5.41, 5.74) is 7.03. The Kier molecular flexibility index (Phi) is 6.51. The van der Waals surface area contributed by atoms with Crippen molar-refractivity contribution in [3.8, 4) is 5.75 Å². The number of carbonyl (C=O) groups is 2. The molecule has 25 heavy (non-hydrogen) atoms. The van der Waals surface area contributed by atoms with Crippen molar-refractivity contribution in [3.05, 3.63) is 65.5 Å². The molecule has 2 aromatic carbocycles. The Bertz CT molecular complexity index is 714. The molecule has 0 aliphatic carbocycles. The van der Waals surface area contributed by atoms with E-state index in [0.717, 1.165) is 16.9 Å². The van der Waals surface area contributed by atoms with Crippen LogP contribution in [0.15, 0.2) is 48.5 Å². The lowest BCUT2D eigenvalue weighted by Gasteiger charge is -2.14. The second-order valence-corrected chi connectivity index (χ2v) is 5.76. The number of nitrogens with one attached hydrogen (secondary N) is 1. The largest absolute Gasteiger partial charge is 0.497 e. The molecule has 0 aliphatic heterocycles. The molecule has 6 heteroatoms. The molecular formula is C19H21FN2O3. The van der Waals surface area contributed by atoms with E-state index in [1.807, 2.05) is 12.1 Å². The van der Waals surface area contributed by atoms with Gasteiger partial charge < -0.3 is 15.8 Å². The summed E-state index contributed by atoms with van der Waals surface area (Å²) in [5.74, 6) is -0.876. The number of methoxy groups -OCH3 is 1. The van der Waals surface area contributed by atoms with Gasteiger partial charge in [-0.15, -0.1) is 0 Å². The second kappa shape index (κ2) is 8.82. The summed E-state index contributed by atoms with van der Waals surface area (Å²) in [5, 5.41) is 2.73. The zero-order chi connectivity index (χ0) is 18.2. The summed E-state index contributed by atoms with van der Waals surface area (Å²) in [7, 11) is 1.58. The van der Waals surface area contributed by atoms with Gasteiger partial charge in [-0.25, -0.2) is 4.39 Å². The van der Waals surface area contributed by atoms with E-state index in [1.165, 1.54) is 12.1 Å². The van der Waals surface area contributed by atoms with Crippen LogP contribution in [0.25, 0.3) is 0 Å². The lowest BCUT2D eigenvalue weighted by atomic mass is 9.98. The zero-order valence-electron chi connectivity index (χ0n) is 14.0. The first kappa shape index (κ1) is 18.4. The standard InChI is InChI=1S/C19H21FN2O3/c1-25-17-8-4-14(5-9-17)11-18(23)22-12-15(19(21)24)10-13-2-6-16(20)7-3-13/h2-9,15H,10-12H2,1H3,(H2,21,24)(H,22,23)/t15-/m0/s1. The highest BCUT2D eigenvalue weighted by molar-refractivity contribution is 5.81. The van der Waals surface area contributed by atoms with Gasteiger partial charge in [0.25, 0.3) is 0 Å². The van der Waals surface area contributed by atoms with E-state index in [1.54, 1.807) is 31.4 Å². The molecule has 132 valence electrons. The van der Waals surface area contributed by atoms with Crippen LogP contribution in [0.2, 0.25) is 0 Å². The van der Waals surface area contributed by atoms with E-state index in [4.69, 9.17) is 10.5 Å². The molecule has 0 fully saturated rings. The smallest absolute Gasteiger partial charge is 0.224 e. The SMILES string of the molecule is COc1ccc(CC(=O)NC[C@H](Cc2ccc(F)cc2)C(N)=O)cc1. The summed E-state index contributed by atoms with van der Waals surface area (Å²) >= 11 is 0. The second-order valence-electron chi connectivity index (χ2n) is 5.76. The molecule has 3 N–H and O–H groups in total. The number of hydrogen-bond donors (Lipinski definition) is 2. The zero-order valence-corrected chi connectivity index (χ0v) is 14.0. The van der Waals surface area contributed by atoms with Crippen molar-refractivity contribution < 1.29 is 18.7 Å². The first-order valence-electron chi connectivity index (χ1n) is 7.91. The van der Waals surface area contributed by atoms with Crippen LogP contribution in [0, 0.1) is 11.7 Å². The normalized spacial score (nSPS) is 11.6. The summed E-state index contributed by atoms with van der Waals surface area (Å²) in [4.78, 5) is 23.6. The third-order valence-corrected chi connectivity index (χ3v) is 3.87. The fourth-order valence-corrected chi connectivity index (χ4v) is 2.41. The Morgan fingerprint density at radius 2 is 1.68 bits per heavy atom. The third-order valence-electron chi connectivity index (χ3n) is 3.87. The van der Waals surface area contributed by atoms with Crippen LogP contribution in [0.1, 0.15) is 11.1 Å². The van der Waals surface area contributed by atoms with E-state index in [-0.39, 0.29) is 24.7 Å². The molecule has 0 saturated heterocycles. The van der Waals surface area contributed by atoms with Gasteiger partial charge in [0.2, 0.25) is 11.8 Å². The molecule has 0 aromatic heterocycles. The highest BCUT2D eigenvalue weighted by atomic mass is 19.1. The molecule has 2 aromatic rings. The average Bonchev–Trinajstić information content (AvgIpc) is 2.60. The lowest BCUT2D eigenvalue weighted by molar-refractivity contribution is -0.123. The van der Waals surface area contributed by atoms with Crippen LogP contribution in [0.4, 0.5) is 4.39 Å². The Labute approximate surface area is 146 Å². The number of ether oxygens (including phenoxy) is 1.